The van der Waals surface area contributed by atoms with Crippen LogP contribution < -0.4 is 10.1 Å². The molecule has 0 bridgehead atoms. The number of anilines is 1. The monoisotopic (exact) mass is 428 g/mol. The first-order chi connectivity index (χ1) is 13.5. The van der Waals surface area contributed by atoms with Crippen LogP contribution in [0, 0.1) is 0 Å². The van der Waals surface area contributed by atoms with E-state index in [1.165, 1.54) is 6.07 Å². The summed E-state index contributed by atoms with van der Waals surface area (Å²) in [5.74, 6) is 0.247. The first-order valence-electron chi connectivity index (χ1n) is 8.35. The highest BCUT2D eigenvalue weighted by atomic mass is 35.5. The number of carbonyl (C=O) groups is 1. The zero-order valence-electron chi connectivity index (χ0n) is 14.7. The number of ether oxygens (including phenoxy) is 1. The fraction of sp³-hybridized carbons (Fsp3) is 0.0476. The van der Waals surface area contributed by atoms with Gasteiger partial charge in [0, 0.05) is 11.1 Å². The Morgan fingerprint density at radius 1 is 1.04 bits per heavy atom. The number of thiazole rings is 1. The molecule has 0 unspecified atom stereocenters. The molecule has 140 valence electrons. The van der Waals surface area contributed by atoms with Crippen molar-refractivity contribution in [1.82, 2.24) is 4.98 Å². The lowest BCUT2D eigenvalue weighted by Gasteiger charge is -2.12. The number of hydrogen-bond donors (Lipinski definition) is 1. The molecular formula is C21H14Cl2N2O2S. The number of fused-ring (bicyclic) bond motifs is 1. The quantitative estimate of drug-likeness (QED) is 0.401. The number of nitrogens with one attached hydrogen (secondary N) is 1. The summed E-state index contributed by atoms with van der Waals surface area (Å²) in [6.07, 6.45) is 0. The van der Waals surface area contributed by atoms with E-state index in [9.17, 15) is 4.79 Å². The number of halogens is 2. The normalized spacial score (nSPS) is 10.8. The van der Waals surface area contributed by atoms with Gasteiger partial charge in [-0.05, 0) is 48.5 Å². The average molecular weight is 429 g/mol. The summed E-state index contributed by atoms with van der Waals surface area (Å²) in [4.78, 5) is 17.3. The number of methoxy groups -OCH3 is 1. The van der Waals surface area contributed by atoms with Gasteiger partial charge in [-0.2, -0.15) is 0 Å². The van der Waals surface area contributed by atoms with E-state index in [-0.39, 0.29) is 5.91 Å². The van der Waals surface area contributed by atoms with Gasteiger partial charge >= 0.3 is 0 Å². The Kier molecular flexibility index (Phi) is 5.22. The molecule has 28 heavy (non-hydrogen) atoms. The fourth-order valence-electron chi connectivity index (χ4n) is 2.77. The minimum absolute atomic E-state index is 0.307. The molecule has 0 radical (unpaired) electrons. The molecule has 4 nitrogen and oxygen atoms in total. The lowest BCUT2D eigenvalue weighted by Crippen LogP contribution is -2.12. The van der Waals surface area contributed by atoms with Gasteiger partial charge in [-0.15, -0.1) is 11.3 Å². The maximum Gasteiger partial charge on any atom is 0.255 e. The Labute approximate surface area is 175 Å². The van der Waals surface area contributed by atoms with Crippen LogP contribution in [0.3, 0.4) is 0 Å². The van der Waals surface area contributed by atoms with Gasteiger partial charge in [0.15, 0.2) is 0 Å². The van der Waals surface area contributed by atoms with Crippen molar-refractivity contribution in [1.29, 1.82) is 0 Å². The van der Waals surface area contributed by atoms with Crippen molar-refractivity contribution in [2.75, 3.05) is 12.4 Å². The summed E-state index contributed by atoms with van der Waals surface area (Å²) >= 11 is 13.5. The van der Waals surface area contributed by atoms with Gasteiger partial charge in [-0.3, -0.25) is 4.79 Å². The van der Waals surface area contributed by atoms with Gasteiger partial charge in [0.1, 0.15) is 10.8 Å². The molecule has 1 N–H and O–H groups in total. The van der Waals surface area contributed by atoms with Crippen LogP contribution in [-0.2, 0) is 0 Å². The molecule has 0 atom stereocenters. The Balaban J connectivity index is 1.68. The van der Waals surface area contributed by atoms with Crippen molar-refractivity contribution in [3.8, 4) is 16.3 Å². The summed E-state index contributed by atoms with van der Waals surface area (Å²) in [5.41, 5.74) is 2.79. The molecule has 0 aliphatic rings. The summed E-state index contributed by atoms with van der Waals surface area (Å²) in [6, 6.07) is 18.3. The highest BCUT2D eigenvalue weighted by Crippen LogP contribution is 2.35. The van der Waals surface area contributed by atoms with Crippen molar-refractivity contribution >= 4 is 56.3 Å². The maximum absolute atomic E-state index is 12.7. The second-order valence-corrected chi connectivity index (χ2v) is 7.83. The predicted molar refractivity (Wildman–Crippen MR) is 116 cm³/mol. The number of hydrogen-bond acceptors (Lipinski definition) is 4. The number of benzene rings is 3. The molecule has 4 aromatic rings. The van der Waals surface area contributed by atoms with Gasteiger partial charge in [-0.1, -0.05) is 35.3 Å². The Morgan fingerprint density at radius 2 is 1.86 bits per heavy atom. The number of nitrogens with zero attached hydrogens (tertiary/aromatic N) is 1. The van der Waals surface area contributed by atoms with E-state index in [4.69, 9.17) is 27.9 Å². The lowest BCUT2D eigenvalue weighted by molar-refractivity contribution is 0.102. The van der Waals surface area contributed by atoms with E-state index < -0.39 is 0 Å². The molecule has 3 aromatic carbocycles. The van der Waals surface area contributed by atoms with Gasteiger partial charge in [0.25, 0.3) is 5.91 Å². The Morgan fingerprint density at radius 3 is 2.61 bits per heavy atom. The van der Waals surface area contributed by atoms with Gasteiger partial charge in [-0.25, -0.2) is 4.98 Å². The second kappa shape index (κ2) is 7.80. The summed E-state index contributed by atoms with van der Waals surface area (Å²) < 4.78 is 6.50. The highest BCUT2D eigenvalue weighted by molar-refractivity contribution is 7.21. The second-order valence-electron chi connectivity index (χ2n) is 5.98. The van der Waals surface area contributed by atoms with Crippen molar-refractivity contribution in [3.05, 3.63) is 76.3 Å². The third kappa shape index (κ3) is 3.69. The van der Waals surface area contributed by atoms with E-state index in [1.54, 1.807) is 30.6 Å². The molecule has 0 saturated carbocycles. The van der Waals surface area contributed by atoms with Crippen molar-refractivity contribution in [2.24, 2.45) is 0 Å². The third-order valence-electron chi connectivity index (χ3n) is 4.17. The minimum atomic E-state index is -0.307. The zero-order chi connectivity index (χ0) is 19.7. The number of carbonyl (C=O) groups excluding carboxylic acids is 1. The minimum Gasteiger partial charge on any atom is -0.495 e. The largest absolute Gasteiger partial charge is 0.495 e. The van der Waals surface area contributed by atoms with Crippen LogP contribution in [0.25, 0.3) is 20.8 Å². The van der Waals surface area contributed by atoms with Crippen LogP contribution in [0.15, 0.2) is 60.7 Å². The number of aromatic nitrogens is 1. The topological polar surface area (TPSA) is 51.2 Å². The standard InChI is InChI=1S/C21H14Cl2N2O2S/c1-27-18-9-7-13(21-25-16-4-2-3-5-19(16)28-21)11-17(18)24-20(26)12-6-8-14(22)15(23)10-12/h2-11H,1H3,(H,24,26). The molecule has 1 aromatic heterocycles. The van der Waals surface area contributed by atoms with Crippen LogP contribution in [0.1, 0.15) is 10.4 Å². The molecule has 0 aliphatic carbocycles. The highest BCUT2D eigenvalue weighted by Gasteiger charge is 2.14. The Bertz CT molecular complexity index is 1160. The van der Waals surface area contributed by atoms with Crippen LogP contribution in [0.2, 0.25) is 10.0 Å². The van der Waals surface area contributed by atoms with Gasteiger partial charge in [0.05, 0.1) is 33.1 Å². The van der Waals surface area contributed by atoms with E-state index in [0.717, 1.165) is 20.8 Å². The molecule has 0 spiro atoms. The summed E-state index contributed by atoms with van der Waals surface area (Å²) in [5, 5.41) is 4.47. The van der Waals surface area contributed by atoms with E-state index in [2.05, 4.69) is 10.3 Å². The fourth-order valence-corrected chi connectivity index (χ4v) is 4.03. The van der Waals surface area contributed by atoms with Crippen LogP contribution in [-0.4, -0.2) is 18.0 Å². The van der Waals surface area contributed by atoms with E-state index in [1.807, 2.05) is 42.5 Å². The predicted octanol–water partition coefficient (Wildman–Crippen LogP) is 6.53. The summed E-state index contributed by atoms with van der Waals surface area (Å²) in [6.45, 7) is 0. The first-order valence-corrected chi connectivity index (χ1v) is 9.93. The molecule has 1 heterocycles. The average Bonchev–Trinajstić information content (AvgIpc) is 3.14. The first kappa shape index (κ1) is 18.7. The van der Waals surface area contributed by atoms with Crippen molar-refractivity contribution in [2.45, 2.75) is 0 Å². The van der Waals surface area contributed by atoms with Crippen LogP contribution in [0.4, 0.5) is 5.69 Å². The molecule has 1 amide bonds. The number of rotatable bonds is 4. The number of para-hydroxylation sites is 1. The lowest BCUT2D eigenvalue weighted by atomic mass is 10.1. The van der Waals surface area contributed by atoms with Crippen LogP contribution >= 0.6 is 34.5 Å². The van der Waals surface area contributed by atoms with Crippen molar-refractivity contribution < 1.29 is 9.53 Å². The smallest absolute Gasteiger partial charge is 0.255 e. The molecule has 0 saturated heterocycles. The molecule has 7 heteroatoms. The molecule has 0 fully saturated rings. The van der Waals surface area contributed by atoms with Gasteiger partial charge in [0.2, 0.25) is 0 Å². The van der Waals surface area contributed by atoms with Gasteiger partial charge < -0.3 is 10.1 Å². The molecule has 0 aliphatic heterocycles. The number of amides is 1. The van der Waals surface area contributed by atoms with E-state index >= 15 is 0 Å². The van der Waals surface area contributed by atoms with Crippen molar-refractivity contribution in [3.63, 3.8) is 0 Å². The Hall–Kier alpha value is -2.60. The molecular weight excluding hydrogens is 415 g/mol. The molecule has 4 rings (SSSR count). The summed E-state index contributed by atoms with van der Waals surface area (Å²) in [7, 11) is 1.56. The van der Waals surface area contributed by atoms with Crippen LogP contribution in [0.5, 0.6) is 5.75 Å². The maximum atomic E-state index is 12.7. The zero-order valence-corrected chi connectivity index (χ0v) is 17.0. The van der Waals surface area contributed by atoms with E-state index in [0.29, 0.717) is 27.0 Å². The third-order valence-corrected chi connectivity index (χ3v) is 5.99. The SMILES string of the molecule is COc1ccc(-c2nc3ccccc3s2)cc1NC(=O)c1ccc(Cl)c(Cl)c1.